The van der Waals surface area contributed by atoms with Crippen molar-refractivity contribution in [2.45, 2.75) is 47.0 Å². The zero-order valence-corrected chi connectivity index (χ0v) is 14.2. The van der Waals surface area contributed by atoms with E-state index in [0.29, 0.717) is 13.2 Å². The Bertz CT molecular complexity index is 375. The van der Waals surface area contributed by atoms with Gasteiger partial charge in [-0.05, 0) is 30.1 Å². The summed E-state index contributed by atoms with van der Waals surface area (Å²) in [6, 6.07) is 0. The molecule has 116 valence electrons. The minimum Gasteiger partial charge on any atom is -0.385 e. The Morgan fingerprint density at radius 1 is 1.40 bits per heavy atom. The van der Waals surface area contributed by atoms with Gasteiger partial charge >= 0.3 is 0 Å². The van der Waals surface area contributed by atoms with Crippen molar-refractivity contribution in [3.63, 3.8) is 0 Å². The summed E-state index contributed by atoms with van der Waals surface area (Å²) >= 11 is 5.77. The molecule has 1 amide bonds. The minimum atomic E-state index is -0.0116. The van der Waals surface area contributed by atoms with Crippen molar-refractivity contribution in [2.24, 2.45) is 10.8 Å². The summed E-state index contributed by atoms with van der Waals surface area (Å²) in [6.07, 6.45) is 5.13. The third kappa shape index (κ3) is 5.10. The smallest absolute Gasteiger partial charge is 0.241 e. The van der Waals surface area contributed by atoms with E-state index in [4.69, 9.17) is 16.3 Å². The number of carbonyl (C=O) groups excluding carboxylic acids is 1. The molecule has 0 spiro atoms. The van der Waals surface area contributed by atoms with Crippen LogP contribution in [0.5, 0.6) is 0 Å². The number of amides is 1. The van der Waals surface area contributed by atoms with Crippen LogP contribution in [0.2, 0.25) is 0 Å². The highest BCUT2D eigenvalue weighted by atomic mass is 35.5. The molecule has 1 aliphatic carbocycles. The molecule has 0 aromatic heterocycles. The first-order valence-corrected chi connectivity index (χ1v) is 7.81. The van der Waals surface area contributed by atoms with Crippen molar-refractivity contribution >= 4 is 17.5 Å². The topological polar surface area (TPSA) is 29.5 Å². The SMILES string of the molecule is COCCCN(C(=O)CCl)C1=CC(C)(C)CC(C)(C)C1. The molecule has 0 N–H and O–H groups in total. The van der Waals surface area contributed by atoms with E-state index in [0.717, 1.165) is 25.0 Å². The van der Waals surface area contributed by atoms with Gasteiger partial charge in [0.15, 0.2) is 0 Å². The van der Waals surface area contributed by atoms with Crippen molar-refractivity contribution in [1.29, 1.82) is 0 Å². The van der Waals surface area contributed by atoms with Crippen LogP contribution < -0.4 is 0 Å². The van der Waals surface area contributed by atoms with E-state index in [1.165, 1.54) is 0 Å². The highest BCUT2D eigenvalue weighted by Crippen LogP contribution is 2.45. The van der Waals surface area contributed by atoms with Gasteiger partial charge in [-0.1, -0.05) is 33.8 Å². The number of carbonyl (C=O) groups is 1. The highest BCUT2D eigenvalue weighted by molar-refractivity contribution is 6.27. The summed E-state index contributed by atoms with van der Waals surface area (Å²) in [4.78, 5) is 14.0. The lowest BCUT2D eigenvalue weighted by Crippen LogP contribution is -2.38. The second-order valence-corrected chi connectivity index (χ2v) is 7.43. The fraction of sp³-hybridized carbons (Fsp3) is 0.812. The van der Waals surface area contributed by atoms with Crippen molar-refractivity contribution in [1.82, 2.24) is 4.90 Å². The summed E-state index contributed by atoms with van der Waals surface area (Å²) in [6.45, 7) is 10.3. The molecule has 0 atom stereocenters. The fourth-order valence-corrected chi connectivity index (χ4v) is 3.52. The number of rotatable bonds is 6. The molecule has 0 aromatic rings. The zero-order chi connectivity index (χ0) is 15.4. The van der Waals surface area contributed by atoms with E-state index < -0.39 is 0 Å². The molecule has 0 bridgehead atoms. The first kappa shape index (κ1) is 17.5. The van der Waals surface area contributed by atoms with Gasteiger partial charge in [0.25, 0.3) is 0 Å². The minimum absolute atomic E-state index is 0.0116. The van der Waals surface area contributed by atoms with Gasteiger partial charge in [-0.15, -0.1) is 11.6 Å². The van der Waals surface area contributed by atoms with Gasteiger partial charge in [0, 0.05) is 26.0 Å². The first-order valence-electron chi connectivity index (χ1n) is 7.28. The molecule has 0 heterocycles. The maximum atomic E-state index is 12.1. The Labute approximate surface area is 128 Å². The molecule has 3 nitrogen and oxygen atoms in total. The van der Waals surface area contributed by atoms with E-state index in [1.54, 1.807) is 7.11 Å². The van der Waals surface area contributed by atoms with Crippen LogP contribution in [0.3, 0.4) is 0 Å². The van der Waals surface area contributed by atoms with Crippen LogP contribution in [0.1, 0.15) is 47.0 Å². The Morgan fingerprint density at radius 3 is 2.55 bits per heavy atom. The number of halogens is 1. The summed E-state index contributed by atoms with van der Waals surface area (Å²) < 4.78 is 5.08. The average Bonchev–Trinajstić information content (AvgIpc) is 2.30. The van der Waals surface area contributed by atoms with Gasteiger partial charge in [-0.25, -0.2) is 0 Å². The third-order valence-corrected chi connectivity index (χ3v) is 3.87. The largest absolute Gasteiger partial charge is 0.385 e. The van der Waals surface area contributed by atoms with E-state index in [2.05, 4.69) is 33.8 Å². The summed E-state index contributed by atoms with van der Waals surface area (Å²) in [5, 5.41) is 0. The summed E-state index contributed by atoms with van der Waals surface area (Å²) in [5.74, 6) is 0.0214. The van der Waals surface area contributed by atoms with Gasteiger partial charge in [-0.3, -0.25) is 4.79 Å². The van der Waals surface area contributed by atoms with Gasteiger partial charge in [0.05, 0.1) is 0 Å². The van der Waals surface area contributed by atoms with Gasteiger partial charge in [-0.2, -0.15) is 0 Å². The quantitative estimate of drug-likeness (QED) is 0.551. The maximum absolute atomic E-state index is 12.1. The number of hydrogen-bond acceptors (Lipinski definition) is 2. The van der Waals surface area contributed by atoms with Crippen molar-refractivity contribution in [2.75, 3.05) is 26.1 Å². The molecule has 4 heteroatoms. The Morgan fingerprint density at radius 2 is 2.05 bits per heavy atom. The third-order valence-electron chi connectivity index (χ3n) is 3.64. The summed E-state index contributed by atoms with van der Waals surface area (Å²) in [7, 11) is 1.68. The number of methoxy groups -OCH3 is 1. The Hall–Kier alpha value is -0.540. The Balaban J connectivity index is 2.94. The lowest BCUT2D eigenvalue weighted by atomic mass is 9.68. The van der Waals surface area contributed by atoms with Crippen molar-refractivity contribution < 1.29 is 9.53 Å². The second-order valence-electron chi connectivity index (χ2n) is 7.17. The number of nitrogens with zero attached hydrogens (tertiary/aromatic N) is 1. The normalized spacial score (nSPS) is 20.4. The first-order chi connectivity index (χ1) is 9.21. The van der Waals surface area contributed by atoms with Crippen LogP contribution in [-0.2, 0) is 9.53 Å². The molecular formula is C16H28ClNO2. The van der Waals surface area contributed by atoms with Gasteiger partial charge in [0.1, 0.15) is 5.88 Å². The monoisotopic (exact) mass is 301 g/mol. The van der Waals surface area contributed by atoms with Crippen molar-refractivity contribution in [3.8, 4) is 0 Å². The van der Waals surface area contributed by atoms with Gasteiger partial charge < -0.3 is 9.64 Å². The molecule has 0 fully saturated rings. The number of allylic oxidation sites excluding steroid dienone is 2. The predicted molar refractivity (Wildman–Crippen MR) is 83.8 cm³/mol. The van der Waals surface area contributed by atoms with E-state index in [1.807, 2.05) is 4.90 Å². The average molecular weight is 302 g/mol. The molecule has 0 unspecified atom stereocenters. The molecule has 20 heavy (non-hydrogen) atoms. The van der Waals surface area contributed by atoms with Crippen LogP contribution >= 0.6 is 11.6 Å². The van der Waals surface area contributed by atoms with Crippen LogP contribution in [0.4, 0.5) is 0 Å². The zero-order valence-electron chi connectivity index (χ0n) is 13.5. The van der Waals surface area contributed by atoms with Crippen LogP contribution in [0, 0.1) is 10.8 Å². The van der Waals surface area contributed by atoms with E-state index >= 15 is 0 Å². The molecule has 0 saturated heterocycles. The fourth-order valence-electron chi connectivity index (χ4n) is 3.38. The van der Waals surface area contributed by atoms with Crippen LogP contribution in [-0.4, -0.2) is 36.9 Å². The molecule has 1 aliphatic rings. The van der Waals surface area contributed by atoms with Crippen molar-refractivity contribution in [3.05, 3.63) is 11.8 Å². The maximum Gasteiger partial charge on any atom is 0.241 e. The summed E-state index contributed by atoms with van der Waals surface area (Å²) in [5.41, 5.74) is 1.44. The predicted octanol–water partition coefficient (Wildman–Crippen LogP) is 3.82. The van der Waals surface area contributed by atoms with Gasteiger partial charge in [0.2, 0.25) is 5.91 Å². The number of hydrogen-bond donors (Lipinski definition) is 0. The van der Waals surface area contributed by atoms with E-state index in [9.17, 15) is 4.79 Å². The van der Waals surface area contributed by atoms with Crippen LogP contribution in [0.25, 0.3) is 0 Å². The lowest BCUT2D eigenvalue weighted by Gasteiger charge is -2.42. The molecular weight excluding hydrogens is 274 g/mol. The number of ether oxygens (including phenoxy) is 1. The molecule has 0 radical (unpaired) electrons. The van der Waals surface area contributed by atoms with Crippen LogP contribution in [0.15, 0.2) is 11.8 Å². The molecule has 0 aliphatic heterocycles. The standard InChI is InChI=1S/C16H28ClNO2/c1-15(2)9-13(10-16(3,4)12-15)18(14(19)11-17)7-6-8-20-5/h9H,6-8,10-12H2,1-5H3. The molecule has 0 aromatic carbocycles. The highest BCUT2D eigenvalue weighted by Gasteiger charge is 2.35. The lowest BCUT2D eigenvalue weighted by molar-refractivity contribution is -0.127. The molecule has 0 saturated carbocycles. The second kappa shape index (κ2) is 6.95. The van der Waals surface area contributed by atoms with E-state index in [-0.39, 0.29) is 22.6 Å². The molecule has 1 rings (SSSR count). The Kier molecular flexibility index (Phi) is 6.08. The number of alkyl halides is 1.